The SMILES string of the molecule is COc1ccc(Cl)cc1NC(=O)CN(C)C(=O)c1cc(-c2ccc(F)cc2)nc2ccccc12. The lowest BCUT2D eigenvalue weighted by Crippen LogP contribution is -2.35. The Balaban J connectivity index is 1.61. The highest BCUT2D eigenvalue weighted by molar-refractivity contribution is 6.31. The molecule has 172 valence electrons. The number of carbonyl (C=O) groups excluding carboxylic acids is 2. The van der Waals surface area contributed by atoms with Gasteiger partial charge in [-0.3, -0.25) is 9.59 Å². The van der Waals surface area contributed by atoms with Crippen molar-refractivity contribution < 1.29 is 18.7 Å². The number of nitrogens with zero attached hydrogens (tertiary/aromatic N) is 2. The van der Waals surface area contributed by atoms with Crippen LogP contribution in [-0.2, 0) is 4.79 Å². The number of hydrogen-bond donors (Lipinski definition) is 1. The number of likely N-dealkylation sites (N-methyl/N-ethyl adjacent to an activating group) is 1. The van der Waals surface area contributed by atoms with Gasteiger partial charge in [0.05, 0.1) is 36.1 Å². The minimum Gasteiger partial charge on any atom is -0.495 e. The number of halogens is 2. The molecule has 1 heterocycles. The third-order valence-corrected chi connectivity index (χ3v) is 5.48. The van der Waals surface area contributed by atoms with Crippen LogP contribution in [0.15, 0.2) is 72.8 Å². The summed E-state index contributed by atoms with van der Waals surface area (Å²) >= 11 is 6.02. The van der Waals surface area contributed by atoms with Crippen LogP contribution in [0.5, 0.6) is 5.75 Å². The fraction of sp³-hybridized carbons (Fsp3) is 0.115. The molecule has 2 amide bonds. The number of amides is 2. The Labute approximate surface area is 200 Å². The van der Waals surface area contributed by atoms with E-state index in [0.717, 1.165) is 0 Å². The molecule has 0 fully saturated rings. The van der Waals surface area contributed by atoms with Gasteiger partial charge < -0.3 is 15.0 Å². The molecule has 4 rings (SSSR count). The Morgan fingerprint density at radius 1 is 1.06 bits per heavy atom. The quantitative estimate of drug-likeness (QED) is 0.403. The van der Waals surface area contributed by atoms with Gasteiger partial charge in [0.15, 0.2) is 0 Å². The van der Waals surface area contributed by atoms with Gasteiger partial charge in [0.2, 0.25) is 5.91 Å². The third-order valence-electron chi connectivity index (χ3n) is 5.25. The molecule has 0 saturated heterocycles. The number of rotatable bonds is 6. The van der Waals surface area contributed by atoms with E-state index in [9.17, 15) is 14.0 Å². The second kappa shape index (κ2) is 9.89. The Morgan fingerprint density at radius 2 is 1.79 bits per heavy atom. The number of anilines is 1. The van der Waals surface area contributed by atoms with Crippen molar-refractivity contribution in [3.63, 3.8) is 0 Å². The van der Waals surface area contributed by atoms with E-state index < -0.39 is 5.91 Å². The Hall–Kier alpha value is -3.97. The highest BCUT2D eigenvalue weighted by atomic mass is 35.5. The largest absolute Gasteiger partial charge is 0.495 e. The maximum absolute atomic E-state index is 13.4. The van der Waals surface area contributed by atoms with Crippen molar-refractivity contribution >= 4 is 40.0 Å². The van der Waals surface area contributed by atoms with Gasteiger partial charge in [0.25, 0.3) is 5.91 Å². The summed E-state index contributed by atoms with van der Waals surface area (Å²) in [6.07, 6.45) is 0. The van der Waals surface area contributed by atoms with Crippen LogP contribution in [0.4, 0.5) is 10.1 Å². The van der Waals surface area contributed by atoms with E-state index in [-0.39, 0.29) is 18.3 Å². The van der Waals surface area contributed by atoms with Crippen LogP contribution in [0.3, 0.4) is 0 Å². The van der Waals surface area contributed by atoms with Gasteiger partial charge >= 0.3 is 0 Å². The number of hydrogen-bond acceptors (Lipinski definition) is 4. The molecule has 34 heavy (non-hydrogen) atoms. The fourth-order valence-electron chi connectivity index (χ4n) is 3.58. The van der Waals surface area contributed by atoms with Gasteiger partial charge in [-0.1, -0.05) is 29.8 Å². The maximum Gasteiger partial charge on any atom is 0.254 e. The lowest BCUT2D eigenvalue weighted by Gasteiger charge is -2.19. The molecule has 0 bridgehead atoms. The average molecular weight is 478 g/mol. The van der Waals surface area contributed by atoms with Gasteiger partial charge in [-0.05, 0) is 54.6 Å². The highest BCUT2D eigenvalue weighted by Crippen LogP contribution is 2.28. The summed E-state index contributed by atoms with van der Waals surface area (Å²) in [5, 5.41) is 3.83. The second-order valence-electron chi connectivity index (χ2n) is 7.63. The first-order valence-corrected chi connectivity index (χ1v) is 10.8. The molecule has 8 heteroatoms. The molecule has 3 aromatic carbocycles. The molecule has 1 aromatic heterocycles. The number of carbonyl (C=O) groups is 2. The molecule has 6 nitrogen and oxygen atoms in total. The molecule has 4 aromatic rings. The van der Waals surface area contributed by atoms with E-state index in [2.05, 4.69) is 10.3 Å². The number of para-hydroxylation sites is 1. The van der Waals surface area contributed by atoms with Gasteiger partial charge in [-0.2, -0.15) is 0 Å². The molecule has 0 unspecified atom stereocenters. The van der Waals surface area contributed by atoms with E-state index in [4.69, 9.17) is 16.3 Å². The van der Waals surface area contributed by atoms with Crippen molar-refractivity contribution in [3.8, 4) is 17.0 Å². The van der Waals surface area contributed by atoms with Crippen LogP contribution in [0.25, 0.3) is 22.2 Å². The van der Waals surface area contributed by atoms with Gasteiger partial charge in [0.1, 0.15) is 11.6 Å². The normalized spacial score (nSPS) is 10.7. The van der Waals surface area contributed by atoms with Crippen LogP contribution in [-0.4, -0.2) is 42.4 Å². The van der Waals surface area contributed by atoms with E-state index in [1.54, 1.807) is 55.6 Å². The average Bonchev–Trinajstić information content (AvgIpc) is 2.83. The van der Waals surface area contributed by atoms with Gasteiger partial charge in [-0.15, -0.1) is 0 Å². The molecule has 0 saturated carbocycles. The first-order valence-electron chi connectivity index (χ1n) is 10.4. The van der Waals surface area contributed by atoms with Gasteiger partial charge in [0, 0.05) is 23.0 Å². The number of methoxy groups -OCH3 is 1. The first-order chi connectivity index (χ1) is 16.4. The van der Waals surface area contributed by atoms with Crippen molar-refractivity contribution in [1.82, 2.24) is 9.88 Å². The second-order valence-corrected chi connectivity index (χ2v) is 8.07. The number of fused-ring (bicyclic) bond motifs is 1. The van der Waals surface area contributed by atoms with Crippen molar-refractivity contribution in [1.29, 1.82) is 0 Å². The smallest absolute Gasteiger partial charge is 0.254 e. The molecule has 0 radical (unpaired) electrons. The standard InChI is InChI=1S/C26H21ClFN3O3/c1-31(15-25(32)30-23-13-17(27)9-12-24(23)34-2)26(33)20-14-22(16-7-10-18(28)11-8-16)29-21-6-4-3-5-19(20)21/h3-14H,15H2,1-2H3,(H,30,32). The molecule has 0 atom stereocenters. The van der Waals surface area contributed by atoms with Crippen LogP contribution in [0.2, 0.25) is 5.02 Å². The molecule has 0 aliphatic heterocycles. The summed E-state index contributed by atoms with van der Waals surface area (Å²) in [5.74, 6) is -0.664. The summed E-state index contributed by atoms with van der Waals surface area (Å²) < 4.78 is 18.6. The van der Waals surface area contributed by atoms with Crippen molar-refractivity contribution in [2.45, 2.75) is 0 Å². The monoisotopic (exact) mass is 477 g/mol. The highest BCUT2D eigenvalue weighted by Gasteiger charge is 2.20. The number of ether oxygens (including phenoxy) is 1. The van der Waals surface area contributed by atoms with E-state index in [1.807, 2.05) is 12.1 Å². The predicted molar refractivity (Wildman–Crippen MR) is 131 cm³/mol. The summed E-state index contributed by atoms with van der Waals surface area (Å²) in [7, 11) is 3.03. The van der Waals surface area contributed by atoms with E-state index in [1.165, 1.54) is 24.1 Å². The number of nitrogens with one attached hydrogen (secondary N) is 1. The van der Waals surface area contributed by atoms with Crippen molar-refractivity contribution in [2.75, 3.05) is 26.0 Å². The molecular formula is C26H21ClFN3O3. The Kier molecular flexibility index (Phi) is 6.75. The lowest BCUT2D eigenvalue weighted by atomic mass is 10.0. The summed E-state index contributed by atoms with van der Waals surface area (Å²) in [6, 6.07) is 19.7. The number of pyridine rings is 1. The minimum atomic E-state index is -0.409. The van der Waals surface area contributed by atoms with Crippen LogP contribution in [0, 0.1) is 5.82 Å². The number of aromatic nitrogens is 1. The fourth-order valence-corrected chi connectivity index (χ4v) is 3.75. The predicted octanol–water partition coefficient (Wildman–Crippen LogP) is 5.41. The molecule has 0 aliphatic carbocycles. The third kappa shape index (κ3) is 5.00. The zero-order valence-corrected chi connectivity index (χ0v) is 19.3. The van der Waals surface area contributed by atoms with Gasteiger partial charge in [-0.25, -0.2) is 9.37 Å². The zero-order valence-electron chi connectivity index (χ0n) is 18.5. The first kappa shape index (κ1) is 23.2. The molecular weight excluding hydrogens is 457 g/mol. The van der Waals surface area contributed by atoms with Crippen molar-refractivity contribution in [2.24, 2.45) is 0 Å². The topological polar surface area (TPSA) is 71.5 Å². The number of benzene rings is 3. The zero-order chi connectivity index (χ0) is 24.2. The minimum absolute atomic E-state index is 0.197. The van der Waals surface area contributed by atoms with Crippen LogP contribution >= 0.6 is 11.6 Å². The lowest BCUT2D eigenvalue weighted by molar-refractivity contribution is -0.116. The van der Waals surface area contributed by atoms with Crippen LogP contribution in [0.1, 0.15) is 10.4 Å². The van der Waals surface area contributed by atoms with Crippen LogP contribution < -0.4 is 10.1 Å². The summed E-state index contributed by atoms with van der Waals surface area (Å²) in [6.45, 7) is -0.197. The Morgan fingerprint density at radius 3 is 2.53 bits per heavy atom. The summed E-state index contributed by atoms with van der Waals surface area (Å²) in [4.78, 5) is 32.0. The van der Waals surface area contributed by atoms with E-state index >= 15 is 0 Å². The van der Waals surface area contributed by atoms with E-state index in [0.29, 0.717) is 44.2 Å². The summed E-state index contributed by atoms with van der Waals surface area (Å²) in [5.41, 5.74) is 2.63. The van der Waals surface area contributed by atoms with Crippen molar-refractivity contribution in [3.05, 3.63) is 89.2 Å². The molecule has 0 spiro atoms. The maximum atomic E-state index is 13.4. The Bertz CT molecular complexity index is 1380. The molecule has 1 N–H and O–H groups in total. The molecule has 0 aliphatic rings.